The second-order valence-corrected chi connectivity index (χ2v) is 5.19. The van der Waals surface area contributed by atoms with Gasteiger partial charge in [0.1, 0.15) is 0 Å². The molecule has 0 saturated carbocycles. The van der Waals surface area contributed by atoms with Crippen molar-refractivity contribution in [1.29, 1.82) is 0 Å². The molecule has 0 atom stereocenters. The molecule has 0 N–H and O–H groups in total. The summed E-state index contributed by atoms with van der Waals surface area (Å²) >= 11 is 0. The molecule has 128 valence electrons. The van der Waals surface area contributed by atoms with Gasteiger partial charge in [-0.1, -0.05) is 12.1 Å². The maximum Gasteiger partial charge on any atom is 0.416 e. The molecule has 3 nitrogen and oxygen atoms in total. The number of carbonyl (C=O) groups is 1. The Bertz CT molecular complexity index is 706. The lowest BCUT2D eigenvalue weighted by molar-refractivity contribution is -0.137. The van der Waals surface area contributed by atoms with Crippen LogP contribution in [-0.2, 0) is 12.6 Å². The molecule has 0 spiro atoms. The van der Waals surface area contributed by atoms with Crippen LogP contribution in [0.3, 0.4) is 0 Å². The van der Waals surface area contributed by atoms with Gasteiger partial charge in [-0.25, -0.2) is 0 Å². The molecule has 0 amide bonds. The Labute approximate surface area is 138 Å². The predicted octanol–water partition coefficient (Wildman–Crippen LogP) is 4.54. The van der Waals surface area contributed by atoms with E-state index in [1.54, 1.807) is 18.2 Å². The average molecular weight is 338 g/mol. The Morgan fingerprint density at radius 2 is 1.58 bits per heavy atom. The fourth-order valence-electron chi connectivity index (χ4n) is 2.27. The van der Waals surface area contributed by atoms with Gasteiger partial charge in [-0.15, -0.1) is 0 Å². The van der Waals surface area contributed by atoms with E-state index < -0.39 is 11.7 Å². The highest BCUT2D eigenvalue weighted by atomic mass is 19.4. The van der Waals surface area contributed by atoms with E-state index in [1.165, 1.54) is 26.4 Å². The zero-order valence-electron chi connectivity index (χ0n) is 13.3. The number of carbonyl (C=O) groups excluding carboxylic acids is 1. The zero-order valence-corrected chi connectivity index (χ0v) is 13.3. The number of Topliss-reactive ketones (excluding diaryl/α,β-unsaturated/α-hetero) is 1. The van der Waals surface area contributed by atoms with Crippen molar-refractivity contribution in [3.63, 3.8) is 0 Å². The van der Waals surface area contributed by atoms with Crippen LogP contribution in [-0.4, -0.2) is 20.0 Å². The fourth-order valence-corrected chi connectivity index (χ4v) is 2.27. The molecule has 0 aliphatic rings. The van der Waals surface area contributed by atoms with Crippen LogP contribution < -0.4 is 9.47 Å². The van der Waals surface area contributed by atoms with E-state index in [-0.39, 0.29) is 12.2 Å². The molecule has 0 aliphatic heterocycles. The molecule has 0 heterocycles. The minimum atomic E-state index is -4.35. The number of hydrogen-bond donors (Lipinski definition) is 0. The van der Waals surface area contributed by atoms with Gasteiger partial charge < -0.3 is 9.47 Å². The molecule has 0 fully saturated rings. The standard InChI is InChI=1S/C18H17F3O3/c1-23-16-10-6-13(11-17(16)24-2)15(22)9-5-12-3-7-14(8-4-12)18(19,20)21/h3-4,6-8,10-11H,5,9H2,1-2H3. The average Bonchev–Trinajstić information content (AvgIpc) is 2.58. The maximum atomic E-state index is 12.5. The summed E-state index contributed by atoms with van der Waals surface area (Å²) in [4.78, 5) is 12.2. The smallest absolute Gasteiger partial charge is 0.416 e. The van der Waals surface area contributed by atoms with E-state index in [0.29, 0.717) is 29.0 Å². The van der Waals surface area contributed by atoms with Gasteiger partial charge in [0, 0.05) is 12.0 Å². The highest BCUT2D eigenvalue weighted by Gasteiger charge is 2.29. The first-order valence-electron chi connectivity index (χ1n) is 7.26. The second kappa shape index (κ2) is 7.38. The van der Waals surface area contributed by atoms with Crippen LogP contribution in [0.15, 0.2) is 42.5 Å². The third-order valence-electron chi connectivity index (χ3n) is 3.63. The van der Waals surface area contributed by atoms with Crippen molar-refractivity contribution >= 4 is 5.78 Å². The molecular weight excluding hydrogens is 321 g/mol. The normalized spacial score (nSPS) is 11.2. The minimum absolute atomic E-state index is 0.115. The Balaban J connectivity index is 2.03. The number of rotatable bonds is 6. The summed E-state index contributed by atoms with van der Waals surface area (Å²) in [5, 5.41) is 0. The summed E-state index contributed by atoms with van der Waals surface area (Å²) in [7, 11) is 2.98. The van der Waals surface area contributed by atoms with E-state index in [1.807, 2.05) is 0 Å². The van der Waals surface area contributed by atoms with E-state index in [0.717, 1.165) is 12.1 Å². The lowest BCUT2D eigenvalue weighted by atomic mass is 10.0. The highest BCUT2D eigenvalue weighted by Crippen LogP contribution is 2.30. The van der Waals surface area contributed by atoms with Crippen molar-refractivity contribution in [3.05, 3.63) is 59.2 Å². The maximum absolute atomic E-state index is 12.5. The first-order chi connectivity index (χ1) is 11.3. The largest absolute Gasteiger partial charge is 0.493 e. The number of alkyl halides is 3. The lowest BCUT2D eigenvalue weighted by Gasteiger charge is -2.09. The van der Waals surface area contributed by atoms with E-state index >= 15 is 0 Å². The summed E-state index contributed by atoms with van der Waals surface area (Å²) in [5.41, 5.74) is 0.453. The molecular formula is C18H17F3O3. The molecule has 0 aliphatic carbocycles. The minimum Gasteiger partial charge on any atom is -0.493 e. The number of aryl methyl sites for hydroxylation is 1. The Kier molecular flexibility index (Phi) is 5.49. The van der Waals surface area contributed by atoms with Crippen LogP contribution in [0.25, 0.3) is 0 Å². The van der Waals surface area contributed by atoms with Gasteiger partial charge in [0.05, 0.1) is 19.8 Å². The van der Waals surface area contributed by atoms with Crippen molar-refractivity contribution in [2.75, 3.05) is 14.2 Å². The summed E-state index contributed by atoms with van der Waals surface area (Å²) < 4.78 is 47.8. The summed E-state index contributed by atoms with van der Waals surface area (Å²) in [6.07, 6.45) is -3.79. The fraction of sp³-hybridized carbons (Fsp3) is 0.278. The number of halogens is 3. The summed E-state index contributed by atoms with van der Waals surface area (Å²) in [6.45, 7) is 0. The van der Waals surface area contributed by atoms with E-state index in [9.17, 15) is 18.0 Å². The monoisotopic (exact) mass is 338 g/mol. The molecule has 0 aromatic heterocycles. The van der Waals surface area contributed by atoms with Crippen LogP contribution in [0, 0.1) is 0 Å². The van der Waals surface area contributed by atoms with Gasteiger partial charge in [-0.3, -0.25) is 4.79 Å². The van der Waals surface area contributed by atoms with Gasteiger partial charge in [0.2, 0.25) is 0 Å². The molecule has 2 aromatic carbocycles. The van der Waals surface area contributed by atoms with Crippen LogP contribution in [0.1, 0.15) is 27.9 Å². The third kappa shape index (κ3) is 4.28. The number of ether oxygens (including phenoxy) is 2. The second-order valence-electron chi connectivity index (χ2n) is 5.19. The molecule has 0 bridgehead atoms. The first kappa shape index (κ1) is 17.8. The van der Waals surface area contributed by atoms with Gasteiger partial charge in [0.25, 0.3) is 0 Å². The van der Waals surface area contributed by atoms with Gasteiger partial charge in [-0.05, 0) is 42.3 Å². The summed E-state index contributed by atoms with van der Waals surface area (Å²) in [5.74, 6) is 0.866. The Morgan fingerprint density at radius 3 is 2.12 bits per heavy atom. The number of benzene rings is 2. The number of hydrogen-bond acceptors (Lipinski definition) is 3. The molecule has 0 saturated heterocycles. The first-order valence-corrected chi connectivity index (χ1v) is 7.26. The van der Waals surface area contributed by atoms with Gasteiger partial charge in [0.15, 0.2) is 17.3 Å². The van der Waals surface area contributed by atoms with Crippen molar-refractivity contribution < 1.29 is 27.4 Å². The predicted molar refractivity (Wildman–Crippen MR) is 83.6 cm³/mol. The molecule has 0 radical (unpaired) electrons. The summed E-state index contributed by atoms with van der Waals surface area (Å²) in [6, 6.07) is 9.70. The van der Waals surface area contributed by atoms with Crippen LogP contribution >= 0.6 is 0 Å². The van der Waals surface area contributed by atoms with Gasteiger partial charge in [-0.2, -0.15) is 13.2 Å². The van der Waals surface area contributed by atoms with Crippen molar-refractivity contribution in [2.45, 2.75) is 19.0 Å². The molecule has 0 unspecified atom stereocenters. The van der Waals surface area contributed by atoms with Crippen molar-refractivity contribution in [1.82, 2.24) is 0 Å². The molecule has 24 heavy (non-hydrogen) atoms. The number of methoxy groups -OCH3 is 2. The van der Waals surface area contributed by atoms with Crippen molar-refractivity contribution in [3.8, 4) is 11.5 Å². The quantitative estimate of drug-likeness (QED) is 0.726. The van der Waals surface area contributed by atoms with E-state index in [2.05, 4.69) is 0 Å². The van der Waals surface area contributed by atoms with Crippen LogP contribution in [0.2, 0.25) is 0 Å². The van der Waals surface area contributed by atoms with Crippen molar-refractivity contribution in [2.24, 2.45) is 0 Å². The molecule has 2 aromatic rings. The highest BCUT2D eigenvalue weighted by molar-refractivity contribution is 5.96. The topological polar surface area (TPSA) is 35.5 Å². The molecule has 2 rings (SSSR count). The van der Waals surface area contributed by atoms with E-state index in [4.69, 9.17) is 9.47 Å². The molecule has 6 heteroatoms. The Hall–Kier alpha value is -2.50. The van der Waals surface area contributed by atoms with Crippen LogP contribution in [0.4, 0.5) is 13.2 Å². The number of ketones is 1. The Morgan fingerprint density at radius 1 is 0.958 bits per heavy atom. The zero-order chi connectivity index (χ0) is 17.7. The third-order valence-corrected chi connectivity index (χ3v) is 3.63. The van der Waals surface area contributed by atoms with Gasteiger partial charge >= 0.3 is 6.18 Å². The lowest BCUT2D eigenvalue weighted by Crippen LogP contribution is -2.05. The van der Waals surface area contributed by atoms with Crippen LogP contribution in [0.5, 0.6) is 11.5 Å². The SMILES string of the molecule is COc1ccc(C(=O)CCc2ccc(C(F)(F)F)cc2)cc1OC.